The van der Waals surface area contributed by atoms with E-state index in [1.807, 2.05) is 44.3 Å². The molecule has 1 aromatic carbocycles. The number of hydrogen-bond acceptors (Lipinski definition) is 5. The van der Waals surface area contributed by atoms with Gasteiger partial charge in [0.1, 0.15) is 23.7 Å². The van der Waals surface area contributed by atoms with Crippen LogP contribution in [0.25, 0.3) is 11.5 Å². The Morgan fingerprint density at radius 3 is 2.80 bits per heavy atom. The molecule has 0 aliphatic carbocycles. The summed E-state index contributed by atoms with van der Waals surface area (Å²) in [6.07, 6.45) is 3.71. The molecule has 0 fully saturated rings. The summed E-state index contributed by atoms with van der Waals surface area (Å²) in [5, 5.41) is 0. The molecule has 0 N–H and O–H groups in total. The number of benzene rings is 1. The van der Waals surface area contributed by atoms with Crippen LogP contribution in [0.4, 0.5) is 5.82 Å². The number of pyridine rings is 1. The Hall–Kier alpha value is -3.35. The zero-order valence-corrected chi connectivity index (χ0v) is 17.5. The number of carbonyl (C=O) groups is 1. The highest BCUT2D eigenvalue weighted by Gasteiger charge is 2.35. The average molecular weight is 404 g/mol. The highest BCUT2D eigenvalue weighted by molar-refractivity contribution is 6.10. The molecule has 0 saturated carbocycles. The van der Waals surface area contributed by atoms with Crippen LogP contribution in [0.3, 0.4) is 0 Å². The predicted molar refractivity (Wildman–Crippen MR) is 113 cm³/mol. The molecular weight excluding hydrogens is 380 g/mol. The van der Waals surface area contributed by atoms with E-state index in [-0.39, 0.29) is 11.9 Å². The van der Waals surface area contributed by atoms with E-state index in [0.717, 1.165) is 17.1 Å². The van der Waals surface area contributed by atoms with E-state index in [1.54, 1.807) is 17.2 Å². The smallest absolute Gasteiger partial charge is 0.260 e. The van der Waals surface area contributed by atoms with Crippen LogP contribution in [-0.2, 0) is 6.54 Å². The Morgan fingerprint density at radius 1 is 1.17 bits per heavy atom. The summed E-state index contributed by atoms with van der Waals surface area (Å²) in [7, 11) is 0. The van der Waals surface area contributed by atoms with E-state index >= 15 is 0 Å². The van der Waals surface area contributed by atoms with Crippen LogP contribution in [0, 0.1) is 0 Å². The molecule has 154 valence electrons. The van der Waals surface area contributed by atoms with Crippen molar-refractivity contribution in [1.82, 2.24) is 14.5 Å². The minimum atomic E-state index is -0.420. The van der Waals surface area contributed by atoms with E-state index in [0.29, 0.717) is 36.0 Å². The van der Waals surface area contributed by atoms with Crippen molar-refractivity contribution in [2.45, 2.75) is 45.9 Å². The van der Waals surface area contributed by atoms with Crippen LogP contribution in [0.15, 0.2) is 42.7 Å². The maximum absolute atomic E-state index is 13.2. The van der Waals surface area contributed by atoms with Crippen LogP contribution >= 0.6 is 0 Å². The maximum Gasteiger partial charge on any atom is 0.260 e. The fraction of sp³-hybridized carbons (Fsp3) is 0.348. The number of imidazole rings is 1. The summed E-state index contributed by atoms with van der Waals surface area (Å²) in [6, 6.07) is 9.65. The van der Waals surface area contributed by atoms with Crippen molar-refractivity contribution in [2.24, 2.45) is 0 Å². The number of fused-ring (bicyclic) bond motifs is 2. The normalized spacial score (nSPS) is 16.8. The van der Waals surface area contributed by atoms with Gasteiger partial charge < -0.3 is 14.0 Å². The second-order valence-corrected chi connectivity index (χ2v) is 8.63. The lowest BCUT2D eigenvalue weighted by molar-refractivity contribution is 0.0212. The van der Waals surface area contributed by atoms with Crippen molar-refractivity contribution >= 4 is 11.7 Å². The van der Waals surface area contributed by atoms with Crippen molar-refractivity contribution in [2.75, 3.05) is 11.5 Å². The molecule has 2 aromatic heterocycles. The van der Waals surface area contributed by atoms with Crippen LogP contribution < -0.4 is 14.4 Å². The molecule has 0 bridgehead atoms. The number of amides is 1. The lowest BCUT2D eigenvalue weighted by atomic mass is 10.1. The van der Waals surface area contributed by atoms with Crippen molar-refractivity contribution in [3.05, 3.63) is 53.9 Å². The number of hydrogen-bond donors (Lipinski definition) is 0. The zero-order chi connectivity index (χ0) is 21.0. The van der Waals surface area contributed by atoms with E-state index in [4.69, 9.17) is 14.5 Å². The van der Waals surface area contributed by atoms with Gasteiger partial charge in [0.05, 0.1) is 6.54 Å². The first-order valence-electron chi connectivity index (χ1n) is 10.1. The van der Waals surface area contributed by atoms with Gasteiger partial charge in [0, 0.05) is 24.0 Å². The highest BCUT2D eigenvalue weighted by atomic mass is 16.6. The molecule has 0 spiro atoms. The third-order valence-corrected chi connectivity index (χ3v) is 5.40. The molecule has 4 heterocycles. The molecule has 30 heavy (non-hydrogen) atoms. The molecule has 2 aliphatic heterocycles. The Balaban J connectivity index is 1.49. The third kappa shape index (κ3) is 3.01. The van der Waals surface area contributed by atoms with Crippen LogP contribution in [0.1, 0.15) is 49.7 Å². The number of rotatable bonds is 3. The van der Waals surface area contributed by atoms with Gasteiger partial charge in [-0.05, 0) is 57.5 Å². The van der Waals surface area contributed by atoms with Crippen LogP contribution in [0.2, 0.25) is 0 Å². The summed E-state index contributed by atoms with van der Waals surface area (Å²) in [5.41, 5.74) is 1.86. The van der Waals surface area contributed by atoms with E-state index in [2.05, 4.69) is 23.4 Å². The molecule has 7 heteroatoms. The second kappa shape index (κ2) is 6.58. The first-order chi connectivity index (χ1) is 14.3. The van der Waals surface area contributed by atoms with Crippen LogP contribution in [-0.4, -0.2) is 32.7 Å². The standard InChI is InChI=1S/C23H24N4O3/c1-14(2)26-9-8-24-21(26)17-6-5-7-20(25-17)27-12-15-10-18-19(11-16(15)22(27)28)30-23(3,4)13-29-18/h5-11,14H,12-13H2,1-4H3. The molecule has 1 amide bonds. The molecular formula is C23H24N4O3. The van der Waals surface area contributed by atoms with Gasteiger partial charge in [0.2, 0.25) is 0 Å². The van der Waals surface area contributed by atoms with Crippen molar-refractivity contribution < 1.29 is 14.3 Å². The van der Waals surface area contributed by atoms with Gasteiger partial charge in [-0.15, -0.1) is 0 Å². The van der Waals surface area contributed by atoms with Crippen molar-refractivity contribution in [3.63, 3.8) is 0 Å². The van der Waals surface area contributed by atoms with Gasteiger partial charge in [-0.3, -0.25) is 9.69 Å². The summed E-state index contributed by atoms with van der Waals surface area (Å²) in [6.45, 7) is 9.05. The molecule has 2 aliphatic rings. The number of ether oxygens (including phenoxy) is 2. The fourth-order valence-corrected chi connectivity index (χ4v) is 3.90. The quantitative estimate of drug-likeness (QED) is 0.653. The Bertz CT molecular complexity index is 1150. The third-order valence-electron chi connectivity index (χ3n) is 5.40. The lowest BCUT2D eigenvalue weighted by Crippen LogP contribution is -2.38. The fourth-order valence-electron chi connectivity index (χ4n) is 3.90. The number of aromatic nitrogens is 3. The lowest BCUT2D eigenvalue weighted by Gasteiger charge is -2.32. The minimum absolute atomic E-state index is 0.0865. The van der Waals surface area contributed by atoms with Gasteiger partial charge in [-0.25, -0.2) is 9.97 Å². The Kier molecular flexibility index (Phi) is 4.10. The van der Waals surface area contributed by atoms with E-state index < -0.39 is 5.60 Å². The first-order valence-corrected chi connectivity index (χ1v) is 10.1. The van der Waals surface area contributed by atoms with Crippen molar-refractivity contribution in [3.8, 4) is 23.0 Å². The molecule has 7 nitrogen and oxygen atoms in total. The van der Waals surface area contributed by atoms with E-state index in [9.17, 15) is 4.79 Å². The highest BCUT2D eigenvalue weighted by Crippen LogP contribution is 2.40. The number of anilines is 1. The Morgan fingerprint density at radius 2 is 2.00 bits per heavy atom. The molecule has 0 radical (unpaired) electrons. The molecule has 0 atom stereocenters. The first kappa shape index (κ1) is 18.7. The number of nitrogens with zero attached hydrogens (tertiary/aromatic N) is 4. The minimum Gasteiger partial charge on any atom is -0.486 e. The summed E-state index contributed by atoms with van der Waals surface area (Å²) >= 11 is 0. The summed E-state index contributed by atoms with van der Waals surface area (Å²) in [4.78, 5) is 24.1. The predicted octanol–water partition coefficient (Wildman–Crippen LogP) is 4.24. The number of carbonyl (C=O) groups excluding carboxylic acids is 1. The van der Waals surface area contributed by atoms with Gasteiger partial charge in [0.15, 0.2) is 17.3 Å². The van der Waals surface area contributed by atoms with Crippen molar-refractivity contribution in [1.29, 1.82) is 0 Å². The SMILES string of the molecule is CC(C)n1ccnc1-c1cccc(N2Cc3cc4c(cc3C2=O)OC(C)(C)CO4)n1. The maximum atomic E-state index is 13.2. The summed E-state index contributed by atoms with van der Waals surface area (Å²) < 4.78 is 13.9. The van der Waals surface area contributed by atoms with Crippen LogP contribution in [0.5, 0.6) is 11.5 Å². The summed E-state index contributed by atoms with van der Waals surface area (Å²) in [5.74, 6) is 2.60. The second-order valence-electron chi connectivity index (χ2n) is 8.63. The van der Waals surface area contributed by atoms with Gasteiger partial charge in [-0.1, -0.05) is 6.07 Å². The molecule has 5 rings (SSSR count). The Labute approximate surface area is 175 Å². The van der Waals surface area contributed by atoms with Gasteiger partial charge in [-0.2, -0.15) is 0 Å². The molecule has 0 unspecified atom stereocenters. The molecule has 3 aromatic rings. The zero-order valence-electron chi connectivity index (χ0n) is 17.5. The molecule has 0 saturated heterocycles. The topological polar surface area (TPSA) is 69.5 Å². The average Bonchev–Trinajstić information content (AvgIpc) is 3.32. The van der Waals surface area contributed by atoms with Gasteiger partial charge in [0.25, 0.3) is 5.91 Å². The van der Waals surface area contributed by atoms with Gasteiger partial charge >= 0.3 is 0 Å². The monoisotopic (exact) mass is 404 g/mol. The largest absolute Gasteiger partial charge is 0.486 e. The van der Waals surface area contributed by atoms with E-state index in [1.165, 1.54) is 0 Å².